The number of anilines is 2. The molecule has 0 aliphatic carbocycles. The first-order valence-electron chi connectivity index (χ1n) is 8.36. The van der Waals surface area contributed by atoms with E-state index >= 15 is 0 Å². The number of hydrogen-bond acceptors (Lipinski definition) is 7. The summed E-state index contributed by atoms with van der Waals surface area (Å²) in [6.07, 6.45) is -0.544. The second kappa shape index (κ2) is 7.98. The molecule has 0 spiro atoms. The van der Waals surface area contributed by atoms with Gasteiger partial charge in [-0.1, -0.05) is 0 Å². The first kappa shape index (κ1) is 19.2. The lowest BCUT2D eigenvalue weighted by atomic mass is 10.2. The highest BCUT2D eigenvalue weighted by Crippen LogP contribution is 2.28. The van der Waals surface area contributed by atoms with E-state index in [0.717, 1.165) is 5.01 Å². The number of halogens is 1. The number of hydrogen-bond donors (Lipinski definition) is 2. The number of nitrogens with zero attached hydrogens (tertiary/aromatic N) is 4. The molecule has 2 aliphatic heterocycles. The van der Waals surface area contributed by atoms with E-state index in [1.54, 1.807) is 6.07 Å². The number of nitrogens with one attached hydrogen (secondary N) is 1. The number of cyclic esters (lactones) is 1. The molecule has 28 heavy (non-hydrogen) atoms. The molecule has 11 nitrogen and oxygen atoms in total. The molecule has 1 saturated heterocycles. The van der Waals surface area contributed by atoms with Crippen LogP contribution in [0.15, 0.2) is 23.3 Å². The van der Waals surface area contributed by atoms with E-state index in [1.165, 1.54) is 35.4 Å². The second-order valence-corrected chi connectivity index (χ2v) is 6.01. The number of rotatable bonds is 4. The molecule has 0 radical (unpaired) electrons. The molecule has 0 unspecified atom stereocenters. The Kier molecular flexibility index (Phi) is 5.47. The van der Waals surface area contributed by atoms with Gasteiger partial charge < -0.3 is 25.4 Å². The Balaban J connectivity index is 1.67. The minimum Gasteiger partial charge on any atom is -0.453 e. The zero-order valence-electron chi connectivity index (χ0n) is 15.0. The second-order valence-electron chi connectivity index (χ2n) is 6.01. The van der Waals surface area contributed by atoms with Crippen molar-refractivity contribution in [2.24, 2.45) is 10.8 Å². The molecule has 2 aliphatic rings. The summed E-state index contributed by atoms with van der Waals surface area (Å²) in [4.78, 5) is 37.0. The molecular formula is C16H19FN6O5. The minimum atomic E-state index is -0.685. The third-order valence-electron chi connectivity index (χ3n) is 4.22. The molecule has 1 fully saturated rings. The molecule has 1 aromatic rings. The van der Waals surface area contributed by atoms with Crippen molar-refractivity contribution in [1.82, 2.24) is 10.3 Å². The summed E-state index contributed by atoms with van der Waals surface area (Å²) in [5.41, 5.74) is 5.70. The SMILES string of the molecule is COC(=O)NC[C@H]1CN(c2ccc(N3C=NN(C(N)=O)CC3)c(F)c2)C(=O)O1. The van der Waals surface area contributed by atoms with Gasteiger partial charge in [-0.2, -0.15) is 5.10 Å². The summed E-state index contributed by atoms with van der Waals surface area (Å²) in [7, 11) is 1.23. The number of alkyl carbamates (subject to hydrolysis) is 1. The predicted octanol–water partition coefficient (Wildman–Crippen LogP) is 0.651. The van der Waals surface area contributed by atoms with E-state index < -0.39 is 30.1 Å². The van der Waals surface area contributed by atoms with Crippen molar-refractivity contribution < 1.29 is 28.2 Å². The standard InChI is InChI=1S/C16H19FN6O5/c1-27-15(25)19-7-11-8-22(16(26)28-11)10-2-3-13(12(17)6-10)21-4-5-23(14(18)24)20-9-21/h2-3,6,9,11H,4-5,7-8H2,1H3,(H2,18,24)(H,19,25)/t11-/m0/s1. The van der Waals surface area contributed by atoms with Crippen LogP contribution in [0.1, 0.15) is 0 Å². The number of methoxy groups -OCH3 is 1. The van der Waals surface area contributed by atoms with Crippen LogP contribution in [-0.2, 0) is 9.47 Å². The number of ether oxygens (including phenoxy) is 2. The van der Waals surface area contributed by atoms with Gasteiger partial charge in [0.1, 0.15) is 18.3 Å². The van der Waals surface area contributed by atoms with Gasteiger partial charge in [-0.25, -0.2) is 23.8 Å². The highest BCUT2D eigenvalue weighted by atomic mass is 19.1. The van der Waals surface area contributed by atoms with E-state index in [-0.39, 0.29) is 25.3 Å². The van der Waals surface area contributed by atoms with Crippen LogP contribution < -0.4 is 20.9 Å². The number of hydrazone groups is 1. The van der Waals surface area contributed by atoms with Gasteiger partial charge in [-0.3, -0.25) is 4.90 Å². The maximum atomic E-state index is 14.6. The van der Waals surface area contributed by atoms with Gasteiger partial charge in [0.2, 0.25) is 0 Å². The monoisotopic (exact) mass is 394 g/mol. The van der Waals surface area contributed by atoms with E-state index in [2.05, 4.69) is 15.2 Å². The van der Waals surface area contributed by atoms with Gasteiger partial charge in [0.05, 0.1) is 38.1 Å². The molecule has 1 aromatic carbocycles. The highest BCUT2D eigenvalue weighted by molar-refractivity contribution is 5.90. The topological polar surface area (TPSA) is 130 Å². The van der Waals surface area contributed by atoms with Crippen LogP contribution in [0, 0.1) is 5.82 Å². The Hall–Kier alpha value is -3.57. The summed E-state index contributed by atoms with van der Waals surface area (Å²) in [6.45, 7) is 0.770. The van der Waals surface area contributed by atoms with Gasteiger partial charge in [0.25, 0.3) is 0 Å². The van der Waals surface area contributed by atoms with Crippen LogP contribution in [0.2, 0.25) is 0 Å². The Bertz CT molecular complexity index is 819. The molecule has 0 aromatic heterocycles. The molecule has 12 heteroatoms. The van der Waals surface area contributed by atoms with Gasteiger partial charge in [-0.05, 0) is 18.2 Å². The van der Waals surface area contributed by atoms with Crippen molar-refractivity contribution in [3.8, 4) is 0 Å². The fourth-order valence-corrected chi connectivity index (χ4v) is 2.80. The Morgan fingerprint density at radius 2 is 2.21 bits per heavy atom. The first-order valence-corrected chi connectivity index (χ1v) is 8.36. The van der Waals surface area contributed by atoms with Crippen LogP contribution >= 0.6 is 0 Å². The molecule has 4 amide bonds. The molecule has 0 bridgehead atoms. The normalized spacial score (nSPS) is 18.9. The summed E-state index contributed by atoms with van der Waals surface area (Å²) < 4.78 is 24.2. The van der Waals surface area contributed by atoms with Crippen molar-refractivity contribution in [1.29, 1.82) is 0 Å². The van der Waals surface area contributed by atoms with E-state index in [9.17, 15) is 18.8 Å². The summed E-state index contributed by atoms with van der Waals surface area (Å²) >= 11 is 0. The van der Waals surface area contributed by atoms with Crippen molar-refractivity contribution in [3.63, 3.8) is 0 Å². The summed E-state index contributed by atoms with van der Waals surface area (Å²) in [5.74, 6) is -0.569. The quantitative estimate of drug-likeness (QED) is 0.771. The largest absolute Gasteiger partial charge is 0.453 e. The van der Waals surface area contributed by atoms with Gasteiger partial charge in [0.15, 0.2) is 0 Å². The average molecular weight is 394 g/mol. The lowest BCUT2D eigenvalue weighted by molar-refractivity contribution is 0.132. The van der Waals surface area contributed by atoms with Gasteiger partial charge in [0, 0.05) is 6.54 Å². The molecule has 2 heterocycles. The summed E-state index contributed by atoms with van der Waals surface area (Å²) in [5, 5.41) is 7.37. The highest BCUT2D eigenvalue weighted by Gasteiger charge is 2.33. The van der Waals surface area contributed by atoms with E-state index in [4.69, 9.17) is 10.5 Å². The number of primary amides is 1. The van der Waals surface area contributed by atoms with Crippen molar-refractivity contribution >= 4 is 35.9 Å². The number of benzene rings is 1. The Labute approximate surface area is 159 Å². The van der Waals surface area contributed by atoms with Crippen LogP contribution in [0.25, 0.3) is 0 Å². The molecule has 3 N–H and O–H groups in total. The summed E-state index contributed by atoms with van der Waals surface area (Å²) in [6, 6.07) is 3.60. The minimum absolute atomic E-state index is 0.0794. The van der Waals surface area contributed by atoms with Crippen molar-refractivity contribution in [2.75, 3.05) is 43.1 Å². The zero-order valence-corrected chi connectivity index (χ0v) is 15.0. The number of amides is 4. The lowest BCUT2D eigenvalue weighted by Gasteiger charge is -2.28. The van der Waals surface area contributed by atoms with Crippen LogP contribution in [0.3, 0.4) is 0 Å². The molecule has 3 rings (SSSR count). The van der Waals surface area contributed by atoms with Gasteiger partial charge >= 0.3 is 18.2 Å². The van der Waals surface area contributed by atoms with Crippen molar-refractivity contribution in [2.45, 2.75) is 6.10 Å². The van der Waals surface area contributed by atoms with Crippen LogP contribution in [0.5, 0.6) is 0 Å². The van der Waals surface area contributed by atoms with Gasteiger partial charge in [-0.15, -0.1) is 0 Å². The number of nitrogens with two attached hydrogens (primary N) is 1. The molecular weight excluding hydrogens is 375 g/mol. The van der Waals surface area contributed by atoms with Crippen LogP contribution in [0.4, 0.5) is 30.1 Å². The third kappa shape index (κ3) is 4.05. The molecule has 0 saturated carbocycles. The maximum Gasteiger partial charge on any atom is 0.414 e. The van der Waals surface area contributed by atoms with Crippen LogP contribution in [-0.4, -0.2) is 69.0 Å². The van der Waals surface area contributed by atoms with E-state index in [0.29, 0.717) is 12.2 Å². The fourth-order valence-electron chi connectivity index (χ4n) is 2.80. The average Bonchev–Trinajstić information content (AvgIpc) is 3.06. The van der Waals surface area contributed by atoms with E-state index in [1.807, 2.05) is 0 Å². The first-order chi connectivity index (χ1) is 13.4. The Morgan fingerprint density at radius 3 is 2.82 bits per heavy atom. The molecule has 1 atom stereocenters. The number of carbonyl (C=O) groups excluding carboxylic acids is 3. The lowest BCUT2D eigenvalue weighted by Crippen LogP contribution is -2.43. The fraction of sp³-hybridized carbons (Fsp3) is 0.375. The Morgan fingerprint density at radius 1 is 1.43 bits per heavy atom. The van der Waals surface area contributed by atoms with Crippen molar-refractivity contribution in [3.05, 3.63) is 24.0 Å². The molecule has 150 valence electrons. The smallest absolute Gasteiger partial charge is 0.414 e. The third-order valence-corrected chi connectivity index (χ3v) is 4.22. The maximum absolute atomic E-state index is 14.6. The predicted molar refractivity (Wildman–Crippen MR) is 96.6 cm³/mol. The zero-order chi connectivity index (χ0) is 20.3. The number of urea groups is 1. The number of carbonyl (C=O) groups is 3.